The Morgan fingerprint density at radius 2 is 2.13 bits per heavy atom. The fraction of sp³-hybridized carbons (Fsp3) is 0.500. The summed E-state index contributed by atoms with van der Waals surface area (Å²) in [4.78, 5) is 15.8. The first-order chi connectivity index (χ1) is 7.15. The lowest BCUT2D eigenvalue weighted by atomic mass is 10.2. The Morgan fingerprint density at radius 3 is 2.73 bits per heavy atom. The average molecular weight is 207 g/mol. The maximum atomic E-state index is 11.6. The number of unbranched alkanes of at least 4 members (excludes halogenated alkanes) is 1. The predicted octanol–water partition coefficient (Wildman–Crippen LogP) is 2.66. The molecule has 1 heterocycles. The zero-order chi connectivity index (χ0) is 11.3. The van der Waals surface area contributed by atoms with Crippen LogP contribution in [0, 0.1) is 13.8 Å². The molecule has 0 saturated carbocycles. The summed E-state index contributed by atoms with van der Waals surface area (Å²) in [6.07, 6.45) is 1.93. The lowest BCUT2D eigenvalue weighted by Crippen LogP contribution is -2.09. The summed E-state index contributed by atoms with van der Waals surface area (Å²) in [6.45, 7) is 6.28. The third kappa shape index (κ3) is 3.35. The number of hydrogen-bond acceptors (Lipinski definition) is 3. The number of carbonyl (C=O) groups excluding carboxylic acids is 1. The van der Waals surface area contributed by atoms with Crippen LogP contribution in [0.15, 0.2) is 12.1 Å². The second-order valence-electron chi connectivity index (χ2n) is 3.58. The smallest absolute Gasteiger partial charge is 0.339 e. The van der Waals surface area contributed by atoms with Crippen LogP contribution in [-0.4, -0.2) is 17.6 Å². The summed E-state index contributed by atoms with van der Waals surface area (Å²) < 4.78 is 5.11. The molecule has 1 aromatic rings. The van der Waals surface area contributed by atoms with Crippen molar-refractivity contribution >= 4 is 5.97 Å². The van der Waals surface area contributed by atoms with Gasteiger partial charge in [0.05, 0.1) is 17.9 Å². The molecule has 0 aliphatic carbocycles. The minimum atomic E-state index is -0.270. The summed E-state index contributed by atoms with van der Waals surface area (Å²) in [7, 11) is 0. The zero-order valence-corrected chi connectivity index (χ0v) is 9.54. The number of aryl methyl sites for hydroxylation is 2. The lowest BCUT2D eigenvalue weighted by Gasteiger charge is -2.06. The van der Waals surface area contributed by atoms with E-state index in [1.807, 2.05) is 19.9 Å². The van der Waals surface area contributed by atoms with Gasteiger partial charge in [0.1, 0.15) is 0 Å². The average Bonchev–Trinajstić information content (AvgIpc) is 2.17. The van der Waals surface area contributed by atoms with E-state index in [0.717, 1.165) is 24.2 Å². The first kappa shape index (κ1) is 11.7. The van der Waals surface area contributed by atoms with E-state index < -0.39 is 0 Å². The highest BCUT2D eigenvalue weighted by molar-refractivity contribution is 5.90. The van der Waals surface area contributed by atoms with Gasteiger partial charge in [-0.05, 0) is 32.4 Å². The number of rotatable bonds is 4. The van der Waals surface area contributed by atoms with Crippen LogP contribution in [0.1, 0.15) is 41.5 Å². The Morgan fingerprint density at radius 1 is 1.40 bits per heavy atom. The zero-order valence-electron chi connectivity index (χ0n) is 9.54. The quantitative estimate of drug-likeness (QED) is 0.563. The molecule has 0 atom stereocenters. The van der Waals surface area contributed by atoms with E-state index in [1.54, 1.807) is 6.07 Å². The van der Waals surface area contributed by atoms with E-state index >= 15 is 0 Å². The van der Waals surface area contributed by atoms with Crippen LogP contribution in [0.2, 0.25) is 0 Å². The highest BCUT2D eigenvalue weighted by Crippen LogP contribution is 2.08. The van der Waals surface area contributed by atoms with E-state index in [4.69, 9.17) is 4.74 Å². The largest absolute Gasteiger partial charge is 0.462 e. The maximum absolute atomic E-state index is 11.6. The lowest BCUT2D eigenvalue weighted by molar-refractivity contribution is 0.0498. The molecule has 0 radical (unpaired) electrons. The first-order valence-corrected chi connectivity index (χ1v) is 5.26. The van der Waals surface area contributed by atoms with Crippen LogP contribution in [0.5, 0.6) is 0 Å². The number of hydrogen-bond donors (Lipinski definition) is 0. The standard InChI is InChI=1S/C12H17NO2/c1-4-5-8-15-12(14)11-7-6-9(2)13-10(11)3/h6-7H,4-5,8H2,1-3H3. The van der Waals surface area contributed by atoms with Crippen molar-refractivity contribution in [3.8, 4) is 0 Å². The van der Waals surface area contributed by atoms with Crippen molar-refractivity contribution in [3.63, 3.8) is 0 Å². The van der Waals surface area contributed by atoms with Gasteiger partial charge in [-0.2, -0.15) is 0 Å². The topological polar surface area (TPSA) is 39.2 Å². The SMILES string of the molecule is CCCCOC(=O)c1ccc(C)nc1C. The molecule has 0 N–H and O–H groups in total. The molecule has 0 unspecified atom stereocenters. The third-order valence-corrected chi connectivity index (χ3v) is 2.18. The van der Waals surface area contributed by atoms with Gasteiger partial charge in [0.15, 0.2) is 0 Å². The van der Waals surface area contributed by atoms with Crippen molar-refractivity contribution in [2.45, 2.75) is 33.6 Å². The molecule has 1 aromatic heterocycles. The van der Waals surface area contributed by atoms with Crippen molar-refractivity contribution in [2.24, 2.45) is 0 Å². The van der Waals surface area contributed by atoms with Gasteiger partial charge in [0.25, 0.3) is 0 Å². The Labute approximate surface area is 90.5 Å². The second-order valence-corrected chi connectivity index (χ2v) is 3.58. The Bertz CT molecular complexity index is 347. The Balaban J connectivity index is 2.65. The van der Waals surface area contributed by atoms with Crippen LogP contribution in [0.4, 0.5) is 0 Å². The molecule has 3 heteroatoms. The number of aromatic nitrogens is 1. The molecular weight excluding hydrogens is 190 g/mol. The van der Waals surface area contributed by atoms with Crippen molar-refractivity contribution in [2.75, 3.05) is 6.61 Å². The molecule has 0 spiro atoms. The van der Waals surface area contributed by atoms with Crippen LogP contribution in [-0.2, 0) is 4.74 Å². The molecule has 82 valence electrons. The van der Waals surface area contributed by atoms with Gasteiger partial charge in [-0.15, -0.1) is 0 Å². The minimum Gasteiger partial charge on any atom is -0.462 e. The summed E-state index contributed by atoms with van der Waals surface area (Å²) in [5.74, 6) is -0.270. The number of carbonyl (C=O) groups is 1. The minimum absolute atomic E-state index is 0.270. The highest BCUT2D eigenvalue weighted by Gasteiger charge is 2.10. The highest BCUT2D eigenvalue weighted by atomic mass is 16.5. The van der Waals surface area contributed by atoms with Crippen LogP contribution in [0.25, 0.3) is 0 Å². The molecule has 3 nitrogen and oxygen atoms in total. The van der Waals surface area contributed by atoms with Crippen molar-refractivity contribution in [1.82, 2.24) is 4.98 Å². The van der Waals surface area contributed by atoms with Crippen molar-refractivity contribution in [3.05, 3.63) is 29.1 Å². The molecular formula is C12H17NO2. The van der Waals surface area contributed by atoms with Gasteiger partial charge in [0, 0.05) is 5.69 Å². The number of esters is 1. The van der Waals surface area contributed by atoms with Crippen LogP contribution < -0.4 is 0 Å². The van der Waals surface area contributed by atoms with Crippen LogP contribution in [0.3, 0.4) is 0 Å². The third-order valence-electron chi connectivity index (χ3n) is 2.18. The predicted molar refractivity (Wildman–Crippen MR) is 58.9 cm³/mol. The molecule has 0 aromatic carbocycles. The normalized spacial score (nSPS) is 10.1. The molecule has 0 fully saturated rings. The second kappa shape index (κ2) is 5.49. The van der Waals surface area contributed by atoms with E-state index in [9.17, 15) is 4.79 Å². The van der Waals surface area contributed by atoms with E-state index in [2.05, 4.69) is 11.9 Å². The fourth-order valence-corrected chi connectivity index (χ4v) is 1.29. The van der Waals surface area contributed by atoms with Gasteiger partial charge in [0.2, 0.25) is 0 Å². The summed E-state index contributed by atoms with van der Waals surface area (Å²) >= 11 is 0. The molecule has 0 amide bonds. The summed E-state index contributed by atoms with van der Waals surface area (Å²) in [5, 5.41) is 0. The van der Waals surface area contributed by atoms with Crippen molar-refractivity contribution in [1.29, 1.82) is 0 Å². The van der Waals surface area contributed by atoms with E-state index in [1.165, 1.54) is 0 Å². The molecule has 0 aliphatic rings. The number of ether oxygens (including phenoxy) is 1. The molecule has 1 rings (SSSR count). The van der Waals surface area contributed by atoms with Gasteiger partial charge in [-0.3, -0.25) is 4.98 Å². The van der Waals surface area contributed by atoms with Gasteiger partial charge in [-0.25, -0.2) is 4.79 Å². The Hall–Kier alpha value is -1.38. The molecule has 0 saturated heterocycles. The molecule has 15 heavy (non-hydrogen) atoms. The van der Waals surface area contributed by atoms with Crippen LogP contribution >= 0.6 is 0 Å². The van der Waals surface area contributed by atoms with E-state index in [-0.39, 0.29) is 5.97 Å². The van der Waals surface area contributed by atoms with Gasteiger partial charge >= 0.3 is 5.97 Å². The molecule has 0 aliphatic heterocycles. The van der Waals surface area contributed by atoms with Crippen molar-refractivity contribution < 1.29 is 9.53 Å². The maximum Gasteiger partial charge on any atom is 0.339 e. The Kier molecular flexibility index (Phi) is 4.28. The summed E-state index contributed by atoms with van der Waals surface area (Å²) in [6, 6.07) is 3.59. The van der Waals surface area contributed by atoms with E-state index in [0.29, 0.717) is 12.2 Å². The van der Waals surface area contributed by atoms with Gasteiger partial charge < -0.3 is 4.74 Å². The summed E-state index contributed by atoms with van der Waals surface area (Å²) in [5.41, 5.74) is 2.21. The fourth-order valence-electron chi connectivity index (χ4n) is 1.29. The molecule has 0 bridgehead atoms. The number of nitrogens with zero attached hydrogens (tertiary/aromatic N) is 1. The number of pyridine rings is 1. The first-order valence-electron chi connectivity index (χ1n) is 5.26. The van der Waals surface area contributed by atoms with Gasteiger partial charge in [-0.1, -0.05) is 13.3 Å². The monoisotopic (exact) mass is 207 g/mol.